The number of benzene rings is 1. The van der Waals surface area contributed by atoms with Crippen molar-refractivity contribution in [3.8, 4) is 0 Å². The zero-order valence-electron chi connectivity index (χ0n) is 11.4. The van der Waals surface area contributed by atoms with E-state index in [2.05, 4.69) is 6.58 Å². The first kappa shape index (κ1) is 16.0. The average Bonchev–Trinajstić information content (AvgIpc) is 2.44. The van der Waals surface area contributed by atoms with E-state index < -0.39 is 46.5 Å². The maximum Gasteiger partial charge on any atom is 0.336 e. The van der Waals surface area contributed by atoms with Gasteiger partial charge in [0.15, 0.2) is 0 Å². The van der Waals surface area contributed by atoms with Crippen LogP contribution in [-0.4, -0.2) is 44.3 Å². The van der Waals surface area contributed by atoms with Gasteiger partial charge in [0.2, 0.25) is 0 Å². The zero-order valence-corrected chi connectivity index (χ0v) is 11.4. The molecule has 0 radical (unpaired) electrons. The van der Waals surface area contributed by atoms with Crippen LogP contribution in [-0.2, 0) is 9.59 Å². The van der Waals surface area contributed by atoms with Gasteiger partial charge in [-0.15, -0.1) is 0 Å². The average molecular weight is 318 g/mol. The molecule has 0 aromatic heterocycles. The second kappa shape index (κ2) is 5.41. The van der Waals surface area contributed by atoms with Gasteiger partial charge in [-0.25, -0.2) is 14.4 Å². The Labute approximate surface area is 128 Å². The van der Waals surface area contributed by atoms with Crippen LogP contribution in [0.25, 0.3) is 11.6 Å². The highest BCUT2D eigenvalue weighted by atomic mass is 16.4. The smallest absolute Gasteiger partial charge is 0.336 e. The summed E-state index contributed by atoms with van der Waals surface area (Å²) >= 11 is 0. The van der Waals surface area contributed by atoms with Crippen LogP contribution in [0.15, 0.2) is 24.3 Å². The molecule has 0 saturated carbocycles. The molecule has 1 unspecified atom stereocenters. The molecule has 0 amide bonds. The number of hydrogen-bond acceptors (Lipinski definition) is 4. The third kappa shape index (κ3) is 2.57. The summed E-state index contributed by atoms with van der Waals surface area (Å²) in [5, 5.41) is 36.5. The molecule has 0 saturated heterocycles. The lowest BCUT2D eigenvalue weighted by Gasteiger charge is -2.24. The van der Waals surface area contributed by atoms with Crippen molar-refractivity contribution in [1.82, 2.24) is 0 Å². The molecule has 0 heterocycles. The number of aromatic carboxylic acids is 2. The number of carboxylic acids is 4. The molecule has 4 N–H and O–H groups in total. The fourth-order valence-electron chi connectivity index (χ4n) is 2.43. The number of aliphatic carboxylic acids is 2. The highest BCUT2D eigenvalue weighted by Crippen LogP contribution is 2.38. The van der Waals surface area contributed by atoms with E-state index in [4.69, 9.17) is 15.3 Å². The SMILES string of the molecule is C=C1c2cc(C(=O)O)c(C(=O)O)cc2C=C(C(=O)O)C1C(=O)O. The molecule has 2 rings (SSSR count). The molecule has 1 atom stereocenters. The van der Waals surface area contributed by atoms with E-state index in [0.717, 1.165) is 18.2 Å². The number of rotatable bonds is 4. The van der Waals surface area contributed by atoms with Crippen LogP contribution in [0.1, 0.15) is 31.8 Å². The van der Waals surface area contributed by atoms with Gasteiger partial charge in [-0.2, -0.15) is 0 Å². The largest absolute Gasteiger partial charge is 0.481 e. The minimum absolute atomic E-state index is 0.0878. The van der Waals surface area contributed by atoms with Crippen molar-refractivity contribution in [1.29, 1.82) is 0 Å². The molecular formula is C15H10O8. The van der Waals surface area contributed by atoms with E-state index in [1.165, 1.54) is 0 Å². The minimum atomic E-state index is -1.54. The second-order valence-electron chi connectivity index (χ2n) is 4.80. The molecule has 1 aliphatic rings. The van der Waals surface area contributed by atoms with Crippen molar-refractivity contribution < 1.29 is 39.6 Å². The zero-order chi connectivity index (χ0) is 17.5. The van der Waals surface area contributed by atoms with Crippen molar-refractivity contribution in [2.24, 2.45) is 5.92 Å². The molecule has 0 spiro atoms. The van der Waals surface area contributed by atoms with Gasteiger partial charge in [-0.05, 0) is 34.9 Å². The molecule has 118 valence electrons. The molecular weight excluding hydrogens is 308 g/mol. The van der Waals surface area contributed by atoms with Gasteiger partial charge in [0, 0.05) is 0 Å². The van der Waals surface area contributed by atoms with E-state index in [-0.39, 0.29) is 16.7 Å². The lowest BCUT2D eigenvalue weighted by molar-refractivity contribution is -0.142. The predicted molar refractivity (Wildman–Crippen MR) is 76.1 cm³/mol. The second-order valence-corrected chi connectivity index (χ2v) is 4.80. The highest BCUT2D eigenvalue weighted by Gasteiger charge is 2.35. The molecule has 0 aliphatic heterocycles. The summed E-state index contributed by atoms with van der Waals surface area (Å²) in [5.74, 6) is -7.48. The molecule has 0 bridgehead atoms. The van der Waals surface area contributed by atoms with E-state index in [9.17, 15) is 24.3 Å². The van der Waals surface area contributed by atoms with E-state index in [1.54, 1.807) is 0 Å². The first-order valence-electron chi connectivity index (χ1n) is 6.16. The predicted octanol–water partition coefficient (Wildman–Crippen LogP) is 1.28. The van der Waals surface area contributed by atoms with Crippen molar-refractivity contribution in [3.63, 3.8) is 0 Å². The highest BCUT2D eigenvalue weighted by molar-refractivity contribution is 6.10. The van der Waals surface area contributed by atoms with E-state index in [1.807, 2.05) is 0 Å². The topological polar surface area (TPSA) is 149 Å². The lowest BCUT2D eigenvalue weighted by Crippen LogP contribution is -2.25. The Kier molecular flexibility index (Phi) is 3.75. The van der Waals surface area contributed by atoms with Crippen LogP contribution in [0.2, 0.25) is 0 Å². The fraction of sp³-hybridized carbons (Fsp3) is 0.0667. The molecule has 23 heavy (non-hydrogen) atoms. The number of fused-ring (bicyclic) bond motifs is 1. The van der Waals surface area contributed by atoms with Crippen LogP contribution >= 0.6 is 0 Å². The Morgan fingerprint density at radius 2 is 1.39 bits per heavy atom. The van der Waals surface area contributed by atoms with E-state index in [0.29, 0.717) is 0 Å². The minimum Gasteiger partial charge on any atom is -0.481 e. The lowest BCUT2D eigenvalue weighted by atomic mass is 9.78. The number of carboxylic acid groups (broad SMARTS) is 4. The number of hydrogen-bond donors (Lipinski definition) is 4. The Bertz CT molecular complexity index is 815. The molecule has 1 aliphatic carbocycles. The Hall–Kier alpha value is -3.42. The quantitative estimate of drug-likeness (QED) is 0.648. The van der Waals surface area contributed by atoms with Gasteiger partial charge >= 0.3 is 23.9 Å². The molecule has 1 aromatic rings. The van der Waals surface area contributed by atoms with Gasteiger partial charge in [0.25, 0.3) is 0 Å². The Morgan fingerprint density at radius 1 is 0.870 bits per heavy atom. The van der Waals surface area contributed by atoms with E-state index >= 15 is 0 Å². The van der Waals surface area contributed by atoms with Crippen molar-refractivity contribution >= 4 is 35.5 Å². The summed E-state index contributed by atoms with van der Waals surface area (Å²) in [6.07, 6.45) is 1.02. The summed E-state index contributed by atoms with van der Waals surface area (Å²) in [7, 11) is 0. The van der Waals surface area contributed by atoms with Crippen molar-refractivity contribution in [2.45, 2.75) is 0 Å². The fourth-order valence-corrected chi connectivity index (χ4v) is 2.43. The van der Waals surface area contributed by atoms with Crippen LogP contribution in [0.4, 0.5) is 0 Å². The number of carbonyl (C=O) groups is 4. The third-order valence-corrected chi connectivity index (χ3v) is 3.46. The Morgan fingerprint density at radius 3 is 1.83 bits per heavy atom. The standard InChI is InChI=1S/C15H10O8/c1-5-7-4-9(13(18)19)8(12(16)17)2-6(7)3-10(14(20)21)11(5)15(22)23/h2-4,11H,1H2,(H,16,17)(H,18,19)(H,20,21)(H,22,23). The van der Waals surface area contributed by atoms with Crippen molar-refractivity contribution in [3.05, 3.63) is 46.5 Å². The van der Waals surface area contributed by atoms with Gasteiger partial charge in [-0.3, -0.25) is 4.79 Å². The monoisotopic (exact) mass is 318 g/mol. The normalized spacial score (nSPS) is 16.3. The summed E-state index contributed by atoms with van der Waals surface area (Å²) in [5.41, 5.74) is -1.48. The van der Waals surface area contributed by atoms with Gasteiger partial charge < -0.3 is 20.4 Å². The van der Waals surface area contributed by atoms with Crippen LogP contribution in [0.3, 0.4) is 0 Å². The first-order chi connectivity index (χ1) is 10.6. The van der Waals surface area contributed by atoms with Crippen LogP contribution in [0.5, 0.6) is 0 Å². The summed E-state index contributed by atoms with van der Waals surface area (Å²) in [6.45, 7) is 3.54. The van der Waals surface area contributed by atoms with Crippen molar-refractivity contribution in [2.75, 3.05) is 0 Å². The van der Waals surface area contributed by atoms with Crippen LogP contribution in [0, 0.1) is 5.92 Å². The Balaban J connectivity index is 2.81. The molecule has 8 heteroatoms. The van der Waals surface area contributed by atoms with Crippen LogP contribution < -0.4 is 0 Å². The van der Waals surface area contributed by atoms with Gasteiger partial charge in [-0.1, -0.05) is 6.58 Å². The molecule has 0 fully saturated rings. The maximum absolute atomic E-state index is 11.3. The first-order valence-corrected chi connectivity index (χ1v) is 6.16. The summed E-state index contributed by atoms with van der Waals surface area (Å²) in [6, 6.07) is 1.99. The third-order valence-electron chi connectivity index (χ3n) is 3.46. The molecule has 8 nitrogen and oxygen atoms in total. The molecule has 1 aromatic carbocycles. The summed E-state index contributed by atoms with van der Waals surface area (Å²) in [4.78, 5) is 44.9. The summed E-state index contributed by atoms with van der Waals surface area (Å²) < 4.78 is 0. The maximum atomic E-state index is 11.3. The van der Waals surface area contributed by atoms with Gasteiger partial charge in [0.1, 0.15) is 5.92 Å². The van der Waals surface area contributed by atoms with Gasteiger partial charge in [0.05, 0.1) is 16.7 Å².